The second kappa shape index (κ2) is 5.63. The summed E-state index contributed by atoms with van der Waals surface area (Å²) in [4.78, 5) is 0.383. The van der Waals surface area contributed by atoms with Gasteiger partial charge in [-0.3, -0.25) is 0 Å². The van der Waals surface area contributed by atoms with Gasteiger partial charge in [-0.2, -0.15) is 0 Å². The largest absolute Gasteiger partial charge is 0.240 e. The topological polar surface area (TPSA) is 46.2 Å². The highest BCUT2D eigenvalue weighted by Crippen LogP contribution is 2.25. The van der Waals surface area contributed by atoms with Crippen molar-refractivity contribution in [3.05, 3.63) is 29.3 Å². The zero-order chi connectivity index (χ0) is 14.0. The summed E-state index contributed by atoms with van der Waals surface area (Å²) >= 11 is 0. The van der Waals surface area contributed by atoms with Crippen LogP contribution < -0.4 is 4.72 Å². The summed E-state index contributed by atoms with van der Waals surface area (Å²) in [5.74, 6) is 0.426. The number of rotatable bonds is 3. The van der Waals surface area contributed by atoms with Crippen LogP contribution >= 0.6 is 0 Å². The molecule has 0 spiro atoms. The van der Waals surface area contributed by atoms with E-state index in [0.717, 1.165) is 30.4 Å². The smallest absolute Gasteiger partial charge is 0.208 e. The van der Waals surface area contributed by atoms with Crippen molar-refractivity contribution >= 4 is 10.0 Å². The van der Waals surface area contributed by atoms with Gasteiger partial charge in [0.1, 0.15) is 0 Å². The van der Waals surface area contributed by atoms with E-state index < -0.39 is 10.0 Å². The van der Waals surface area contributed by atoms with Crippen molar-refractivity contribution in [2.24, 2.45) is 5.92 Å². The van der Waals surface area contributed by atoms with Crippen molar-refractivity contribution in [3.8, 4) is 0 Å². The van der Waals surface area contributed by atoms with E-state index in [1.165, 1.54) is 6.42 Å². The average Bonchev–Trinajstić information content (AvgIpc) is 2.35. The van der Waals surface area contributed by atoms with Gasteiger partial charge in [0, 0.05) is 6.04 Å². The molecule has 1 aromatic rings. The molecule has 1 N–H and O–H groups in total. The van der Waals surface area contributed by atoms with Gasteiger partial charge in [-0.15, -0.1) is 0 Å². The van der Waals surface area contributed by atoms with Gasteiger partial charge >= 0.3 is 0 Å². The molecule has 3 nitrogen and oxygen atoms in total. The molecule has 1 aromatic carbocycles. The number of hydrogen-bond donors (Lipinski definition) is 1. The van der Waals surface area contributed by atoms with Gasteiger partial charge in [0.25, 0.3) is 0 Å². The maximum absolute atomic E-state index is 12.4. The Kier molecular flexibility index (Phi) is 4.31. The predicted octanol–water partition coefficient (Wildman–Crippen LogP) is 3.16. The van der Waals surface area contributed by atoms with E-state index in [1.807, 2.05) is 19.9 Å². The first kappa shape index (κ1) is 14.5. The van der Waals surface area contributed by atoms with E-state index in [2.05, 4.69) is 11.6 Å². The van der Waals surface area contributed by atoms with Crippen molar-refractivity contribution in [1.82, 2.24) is 4.72 Å². The van der Waals surface area contributed by atoms with Crippen LogP contribution in [0.15, 0.2) is 23.1 Å². The number of hydrogen-bond acceptors (Lipinski definition) is 2. The molecule has 1 aliphatic carbocycles. The van der Waals surface area contributed by atoms with Crippen LogP contribution in [0, 0.1) is 19.8 Å². The second-order valence-corrected chi connectivity index (χ2v) is 7.45. The molecule has 0 bridgehead atoms. The second-order valence-electron chi connectivity index (χ2n) is 5.74. The number of sulfonamides is 1. The predicted molar refractivity (Wildman–Crippen MR) is 77.7 cm³/mol. The Bertz CT molecular complexity index is 551. The summed E-state index contributed by atoms with van der Waals surface area (Å²) in [6.45, 7) is 6.06. The third-order valence-corrected chi connectivity index (χ3v) is 5.69. The van der Waals surface area contributed by atoms with Gasteiger partial charge in [0.15, 0.2) is 0 Å². The van der Waals surface area contributed by atoms with E-state index >= 15 is 0 Å². The Hall–Kier alpha value is -0.870. The molecule has 1 aliphatic rings. The SMILES string of the molecule is Cc1ccc(S(=O)(=O)NC2CCCCC2C)cc1C. The van der Waals surface area contributed by atoms with Crippen LogP contribution in [0.2, 0.25) is 0 Å². The summed E-state index contributed by atoms with van der Waals surface area (Å²) in [6, 6.07) is 5.40. The van der Waals surface area contributed by atoms with Crippen LogP contribution in [-0.2, 0) is 10.0 Å². The van der Waals surface area contributed by atoms with E-state index in [-0.39, 0.29) is 6.04 Å². The van der Waals surface area contributed by atoms with Gasteiger partial charge in [0.05, 0.1) is 4.90 Å². The Morgan fingerprint density at radius 2 is 1.79 bits per heavy atom. The monoisotopic (exact) mass is 281 g/mol. The molecule has 19 heavy (non-hydrogen) atoms. The third kappa shape index (κ3) is 3.37. The van der Waals surface area contributed by atoms with Crippen LogP contribution in [-0.4, -0.2) is 14.5 Å². The van der Waals surface area contributed by atoms with E-state index in [0.29, 0.717) is 10.8 Å². The molecule has 0 amide bonds. The van der Waals surface area contributed by atoms with Crippen LogP contribution in [0.1, 0.15) is 43.7 Å². The lowest BCUT2D eigenvalue weighted by Crippen LogP contribution is -2.40. The standard InChI is InChI=1S/C15H23NO2S/c1-11-8-9-14(10-13(11)3)19(17,18)16-15-7-5-4-6-12(15)2/h8-10,12,15-16H,4-7H2,1-3H3. The molecule has 2 rings (SSSR count). The van der Waals surface area contributed by atoms with Crippen molar-refractivity contribution in [1.29, 1.82) is 0 Å². The summed E-state index contributed by atoms with van der Waals surface area (Å²) in [5, 5.41) is 0. The maximum atomic E-state index is 12.4. The molecule has 2 unspecified atom stereocenters. The van der Waals surface area contributed by atoms with Crippen molar-refractivity contribution in [2.75, 3.05) is 0 Å². The summed E-state index contributed by atoms with van der Waals surface area (Å²) in [6.07, 6.45) is 4.39. The molecular formula is C15H23NO2S. The highest BCUT2D eigenvalue weighted by Gasteiger charge is 2.26. The van der Waals surface area contributed by atoms with Crippen molar-refractivity contribution in [2.45, 2.75) is 57.4 Å². The zero-order valence-electron chi connectivity index (χ0n) is 11.9. The minimum atomic E-state index is -3.38. The number of aryl methyl sites for hydroxylation is 2. The first-order valence-corrected chi connectivity index (χ1v) is 8.48. The first-order valence-electron chi connectivity index (χ1n) is 7.00. The number of benzene rings is 1. The Morgan fingerprint density at radius 1 is 1.11 bits per heavy atom. The van der Waals surface area contributed by atoms with Crippen molar-refractivity contribution in [3.63, 3.8) is 0 Å². The molecular weight excluding hydrogens is 258 g/mol. The van der Waals surface area contributed by atoms with E-state index in [4.69, 9.17) is 0 Å². The van der Waals surface area contributed by atoms with Crippen LogP contribution in [0.25, 0.3) is 0 Å². The molecule has 4 heteroatoms. The van der Waals surface area contributed by atoms with E-state index in [1.54, 1.807) is 12.1 Å². The zero-order valence-corrected chi connectivity index (χ0v) is 12.8. The minimum absolute atomic E-state index is 0.0837. The lowest BCUT2D eigenvalue weighted by atomic mass is 9.87. The van der Waals surface area contributed by atoms with E-state index in [9.17, 15) is 8.42 Å². The molecule has 0 radical (unpaired) electrons. The fraction of sp³-hybridized carbons (Fsp3) is 0.600. The molecule has 2 atom stereocenters. The Labute approximate surface area is 116 Å². The van der Waals surface area contributed by atoms with Gasteiger partial charge in [-0.05, 0) is 55.9 Å². The molecule has 1 fully saturated rings. The summed E-state index contributed by atoms with van der Waals surface area (Å²) in [5.41, 5.74) is 2.13. The molecule has 1 saturated carbocycles. The minimum Gasteiger partial charge on any atom is -0.208 e. The highest BCUT2D eigenvalue weighted by molar-refractivity contribution is 7.89. The van der Waals surface area contributed by atoms with Crippen LogP contribution in [0.4, 0.5) is 0 Å². The van der Waals surface area contributed by atoms with Gasteiger partial charge in [-0.1, -0.05) is 25.8 Å². The molecule has 0 aliphatic heterocycles. The Morgan fingerprint density at radius 3 is 2.42 bits per heavy atom. The Balaban J connectivity index is 2.19. The van der Waals surface area contributed by atoms with Crippen LogP contribution in [0.3, 0.4) is 0 Å². The molecule has 0 saturated heterocycles. The van der Waals surface area contributed by atoms with Gasteiger partial charge < -0.3 is 0 Å². The average molecular weight is 281 g/mol. The van der Waals surface area contributed by atoms with Crippen molar-refractivity contribution < 1.29 is 8.42 Å². The summed E-state index contributed by atoms with van der Waals surface area (Å²) in [7, 11) is -3.38. The fourth-order valence-electron chi connectivity index (χ4n) is 2.64. The normalized spacial score (nSPS) is 24.4. The lowest BCUT2D eigenvalue weighted by molar-refractivity contribution is 0.310. The molecule has 0 heterocycles. The lowest BCUT2D eigenvalue weighted by Gasteiger charge is -2.29. The molecule has 0 aromatic heterocycles. The number of nitrogens with one attached hydrogen (secondary N) is 1. The highest BCUT2D eigenvalue weighted by atomic mass is 32.2. The molecule has 106 valence electrons. The third-order valence-electron chi connectivity index (χ3n) is 4.21. The quantitative estimate of drug-likeness (QED) is 0.925. The van der Waals surface area contributed by atoms with Crippen LogP contribution in [0.5, 0.6) is 0 Å². The first-order chi connectivity index (χ1) is 8.90. The summed E-state index contributed by atoms with van der Waals surface area (Å²) < 4.78 is 27.7. The van der Waals surface area contributed by atoms with Gasteiger partial charge in [0.2, 0.25) is 10.0 Å². The van der Waals surface area contributed by atoms with Gasteiger partial charge in [-0.25, -0.2) is 13.1 Å². The maximum Gasteiger partial charge on any atom is 0.240 e. The fourth-order valence-corrected chi connectivity index (χ4v) is 4.10.